The third-order valence-electron chi connectivity index (χ3n) is 4.58. The van der Waals surface area contributed by atoms with Gasteiger partial charge in [0.25, 0.3) is 11.8 Å². The third kappa shape index (κ3) is 3.42. The maximum Gasteiger partial charge on any atom is 0.261 e. The highest BCUT2D eigenvalue weighted by Gasteiger charge is 2.34. The van der Waals surface area contributed by atoms with Gasteiger partial charge in [-0.05, 0) is 36.4 Å². The minimum Gasteiger partial charge on any atom is -0.457 e. The molecule has 0 aliphatic carbocycles. The molecule has 1 aliphatic heterocycles. The van der Waals surface area contributed by atoms with Crippen LogP contribution >= 0.6 is 0 Å². The smallest absolute Gasteiger partial charge is 0.261 e. The summed E-state index contributed by atoms with van der Waals surface area (Å²) < 4.78 is 5.75. The Morgan fingerprint density at radius 1 is 0.750 bits per heavy atom. The molecule has 2 amide bonds. The van der Waals surface area contributed by atoms with Gasteiger partial charge in [-0.3, -0.25) is 19.3 Å². The molecule has 0 radical (unpaired) electrons. The Kier molecular flexibility index (Phi) is 4.72. The fraction of sp³-hybridized carbons (Fsp3) is 0.0870. The highest BCUT2D eigenvalue weighted by atomic mass is 16.5. The van der Waals surface area contributed by atoms with Gasteiger partial charge in [-0.25, -0.2) is 0 Å². The van der Waals surface area contributed by atoms with Crippen molar-refractivity contribution in [3.8, 4) is 11.5 Å². The second kappa shape index (κ2) is 7.48. The Labute approximate surface area is 162 Å². The summed E-state index contributed by atoms with van der Waals surface area (Å²) in [5.74, 6) is 0.370. The lowest BCUT2D eigenvalue weighted by Gasteiger charge is -2.13. The molecule has 0 fully saturated rings. The minimum absolute atomic E-state index is 0.0505. The predicted octanol–water partition coefficient (Wildman–Crippen LogP) is 4.35. The summed E-state index contributed by atoms with van der Waals surface area (Å²) in [4.78, 5) is 38.5. The summed E-state index contributed by atoms with van der Waals surface area (Å²) in [6, 6.07) is 22.9. The number of hydrogen-bond donors (Lipinski definition) is 0. The predicted molar refractivity (Wildman–Crippen MR) is 104 cm³/mol. The number of hydrogen-bond acceptors (Lipinski definition) is 4. The Morgan fingerprint density at radius 2 is 1.36 bits per heavy atom. The summed E-state index contributed by atoms with van der Waals surface area (Å²) in [6.45, 7) is 0.0505. The second-order valence-electron chi connectivity index (χ2n) is 6.42. The number of imide groups is 1. The number of Topliss-reactive ketones (excluding diaryl/α,β-unsaturated/α-hetero) is 1. The number of rotatable bonds is 6. The first-order valence-corrected chi connectivity index (χ1v) is 8.95. The van der Waals surface area contributed by atoms with Gasteiger partial charge in [-0.1, -0.05) is 42.5 Å². The van der Waals surface area contributed by atoms with Crippen molar-refractivity contribution >= 4 is 17.6 Å². The first kappa shape index (κ1) is 17.7. The van der Waals surface area contributed by atoms with E-state index in [-0.39, 0.29) is 30.6 Å². The fourth-order valence-corrected chi connectivity index (χ4v) is 3.16. The number of carbonyl (C=O) groups is 3. The summed E-state index contributed by atoms with van der Waals surface area (Å²) >= 11 is 0. The van der Waals surface area contributed by atoms with Crippen LogP contribution in [-0.2, 0) is 0 Å². The summed E-state index contributed by atoms with van der Waals surface area (Å²) in [7, 11) is 0. The first-order valence-electron chi connectivity index (χ1n) is 8.95. The van der Waals surface area contributed by atoms with Crippen LogP contribution in [0.3, 0.4) is 0 Å². The molecule has 0 saturated heterocycles. The molecule has 0 N–H and O–H groups in total. The van der Waals surface area contributed by atoms with Crippen molar-refractivity contribution < 1.29 is 19.1 Å². The first-order chi connectivity index (χ1) is 13.6. The number of fused-ring (bicyclic) bond motifs is 1. The van der Waals surface area contributed by atoms with Crippen LogP contribution < -0.4 is 4.74 Å². The molecule has 5 nitrogen and oxygen atoms in total. The van der Waals surface area contributed by atoms with E-state index in [1.165, 1.54) is 0 Å². The molecule has 5 heteroatoms. The van der Waals surface area contributed by atoms with Crippen molar-refractivity contribution in [2.24, 2.45) is 0 Å². The van der Waals surface area contributed by atoms with Crippen LogP contribution in [0.4, 0.5) is 0 Å². The van der Waals surface area contributed by atoms with Gasteiger partial charge < -0.3 is 4.74 Å². The van der Waals surface area contributed by atoms with Crippen molar-refractivity contribution in [3.63, 3.8) is 0 Å². The van der Waals surface area contributed by atoms with E-state index in [0.717, 1.165) is 4.90 Å². The molecule has 28 heavy (non-hydrogen) atoms. The van der Waals surface area contributed by atoms with Crippen LogP contribution in [0.25, 0.3) is 0 Å². The van der Waals surface area contributed by atoms with E-state index in [4.69, 9.17) is 4.74 Å². The van der Waals surface area contributed by atoms with Gasteiger partial charge in [0.15, 0.2) is 5.78 Å². The van der Waals surface area contributed by atoms with Crippen molar-refractivity contribution in [1.29, 1.82) is 0 Å². The maximum absolute atomic E-state index is 12.6. The van der Waals surface area contributed by atoms with Gasteiger partial charge in [-0.2, -0.15) is 0 Å². The molecular weight excluding hydrogens is 354 g/mol. The number of amides is 2. The molecule has 0 bridgehead atoms. The molecule has 138 valence electrons. The average Bonchev–Trinajstić information content (AvgIpc) is 2.97. The Bertz CT molecular complexity index is 1020. The number of ketones is 1. The van der Waals surface area contributed by atoms with Crippen LogP contribution in [0.15, 0.2) is 78.9 Å². The molecule has 0 spiro atoms. The van der Waals surface area contributed by atoms with Gasteiger partial charge in [0, 0.05) is 18.5 Å². The van der Waals surface area contributed by atoms with Crippen molar-refractivity contribution in [1.82, 2.24) is 4.90 Å². The van der Waals surface area contributed by atoms with Crippen molar-refractivity contribution in [2.75, 3.05) is 6.54 Å². The molecule has 0 aromatic heterocycles. The van der Waals surface area contributed by atoms with Crippen LogP contribution in [0.2, 0.25) is 0 Å². The SMILES string of the molecule is O=C(CCN1C(=O)c2ccccc2C1=O)c1cccc(Oc2ccccc2)c1. The fourth-order valence-electron chi connectivity index (χ4n) is 3.16. The van der Waals surface area contributed by atoms with E-state index in [2.05, 4.69) is 0 Å². The van der Waals surface area contributed by atoms with Crippen LogP contribution in [0, 0.1) is 0 Å². The van der Waals surface area contributed by atoms with Crippen LogP contribution in [0.5, 0.6) is 11.5 Å². The van der Waals surface area contributed by atoms with Gasteiger partial charge in [0.05, 0.1) is 11.1 Å². The standard InChI is InChI=1S/C23H17NO4/c25-21(13-14-24-22(26)19-11-4-5-12-20(19)23(24)27)16-7-6-10-18(15-16)28-17-8-2-1-3-9-17/h1-12,15H,13-14H2. The molecule has 3 aromatic carbocycles. The molecule has 3 aromatic rings. The largest absolute Gasteiger partial charge is 0.457 e. The normalized spacial score (nSPS) is 12.8. The van der Waals surface area contributed by atoms with Crippen molar-refractivity contribution in [3.05, 3.63) is 95.6 Å². The third-order valence-corrected chi connectivity index (χ3v) is 4.58. The molecule has 4 rings (SSSR count). The lowest BCUT2D eigenvalue weighted by molar-refractivity contribution is 0.0649. The van der Waals surface area contributed by atoms with Gasteiger partial charge in [0.1, 0.15) is 11.5 Å². The number of benzene rings is 3. The lowest BCUT2D eigenvalue weighted by Crippen LogP contribution is -2.31. The molecule has 0 unspecified atom stereocenters. The van der Waals surface area contributed by atoms with E-state index in [0.29, 0.717) is 28.2 Å². The topological polar surface area (TPSA) is 63.7 Å². The number of carbonyl (C=O) groups excluding carboxylic acids is 3. The van der Waals surface area contributed by atoms with Gasteiger partial charge in [0.2, 0.25) is 0 Å². The minimum atomic E-state index is -0.352. The van der Waals surface area contributed by atoms with Crippen LogP contribution in [0.1, 0.15) is 37.5 Å². The Morgan fingerprint density at radius 3 is 2.04 bits per heavy atom. The molecule has 0 saturated carbocycles. The summed E-state index contributed by atoms with van der Waals surface area (Å²) in [5.41, 5.74) is 1.25. The average molecular weight is 371 g/mol. The molecule has 1 heterocycles. The van der Waals surface area contributed by atoms with E-state index in [1.807, 2.05) is 30.3 Å². The lowest BCUT2D eigenvalue weighted by atomic mass is 10.1. The molecule has 0 atom stereocenters. The zero-order chi connectivity index (χ0) is 19.5. The maximum atomic E-state index is 12.6. The Balaban J connectivity index is 1.43. The zero-order valence-corrected chi connectivity index (χ0v) is 15.0. The summed E-state index contributed by atoms with van der Waals surface area (Å²) in [6.07, 6.45) is 0.0558. The van der Waals surface area contributed by atoms with Gasteiger partial charge in [-0.15, -0.1) is 0 Å². The van der Waals surface area contributed by atoms with Gasteiger partial charge >= 0.3 is 0 Å². The van der Waals surface area contributed by atoms with E-state index >= 15 is 0 Å². The van der Waals surface area contributed by atoms with E-state index < -0.39 is 0 Å². The summed E-state index contributed by atoms with van der Waals surface area (Å²) in [5, 5.41) is 0. The van der Waals surface area contributed by atoms with E-state index in [1.54, 1.807) is 48.5 Å². The quantitative estimate of drug-likeness (QED) is 0.477. The van der Waals surface area contributed by atoms with Crippen LogP contribution in [-0.4, -0.2) is 29.0 Å². The zero-order valence-electron chi connectivity index (χ0n) is 15.0. The monoisotopic (exact) mass is 371 g/mol. The number of ether oxygens (including phenoxy) is 1. The highest BCUT2D eigenvalue weighted by Crippen LogP contribution is 2.24. The highest BCUT2D eigenvalue weighted by molar-refractivity contribution is 6.21. The number of nitrogens with zero attached hydrogens (tertiary/aromatic N) is 1. The molecular formula is C23H17NO4. The van der Waals surface area contributed by atoms with Crippen molar-refractivity contribution in [2.45, 2.75) is 6.42 Å². The van der Waals surface area contributed by atoms with E-state index in [9.17, 15) is 14.4 Å². The Hall–Kier alpha value is -3.73. The second-order valence-corrected chi connectivity index (χ2v) is 6.42. The number of para-hydroxylation sites is 1. The molecule has 1 aliphatic rings.